The molecule has 0 aromatic heterocycles. The molecule has 5 rings (SSSR count). The molecule has 0 radical (unpaired) electrons. The summed E-state index contributed by atoms with van der Waals surface area (Å²) in [5.74, 6) is -2.17. The number of nitrogens with zero attached hydrogens (tertiary/aromatic N) is 2. The van der Waals surface area contributed by atoms with E-state index in [-0.39, 0.29) is 37.5 Å². The maximum atomic E-state index is 13.6. The zero-order chi connectivity index (χ0) is 26.8. The van der Waals surface area contributed by atoms with Gasteiger partial charge in [-0.2, -0.15) is 0 Å². The molecular weight excluding hydrogens is 490 g/mol. The normalized spacial score (nSPS) is 22.2. The third kappa shape index (κ3) is 4.83. The highest BCUT2D eigenvalue weighted by molar-refractivity contribution is 5.93. The van der Waals surface area contributed by atoms with Gasteiger partial charge in [0.1, 0.15) is 25.2 Å². The number of methoxy groups -OCH3 is 1. The Balaban J connectivity index is 1.27. The van der Waals surface area contributed by atoms with Gasteiger partial charge in [-0.05, 0) is 35.1 Å². The summed E-state index contributed by atoms with van der Waals surface area (Å²) in [4.78, 5) is 53.3. The number of benzene rings is 2. The predicted molar refractivity (Wildman–Crippen MR) is 136 cm³/mol. The second kappa shape index (κ2) is 10.8. The molecular formula is C28H31N3O7. The molecule has 2 aliphatic heterocycles. The summed E-state index contributed by atoms with van der Waals surface area (Å²) in [6.07, 6.45) is 0.435. The fraction of sp³-hybridized carbons (Fsp3) is 0.429. The van der Waals surface area contributed by atoms with E-state index in [1.807, 2.05) is 36.4 Å². The van der Waals surface area contributed by atoms with Gasteiger partial charge < -0.3 is 24.8 Å². The average Bonchev–Trinajstić information content (AvgIpc) is 3.66. The number of carbonyl (C=O) groups is 4. The van der Waals surface area contributed by atoms with Crippen LogP contribution in [0.4, 0.5) is 4.79 Å². The topological polar surface area (TPSA) is 125 Å². The molecule has 0 spiro atoms. The maximum absolute atomic E-state index is 13.6. The molecule has 38 heavy (non-hydrogen) atoms. The van der Waals surface area contributed by atoms with Gasteiger partial charge >= 0.3 is 12.1 Å². The standard InChI is InChI=1S/C28H31N3O7/c1-37-17-13-24(26(34)29-14-25(32)33)31(15-17)27(35)23-11-6-12-30(23)28(36)38-16-22-20-9-4-2-7-18(20)19-8-3-5-10-21(19)22/h2-5,7-10,17,22-24H,6,11-16H2,1H3,(H,29,34)(H,32,33)/t17-,23?,24?/m1/s1. The lowest BCUT2D eigenvalue weighted by Gasteiger charge is -2.30. The minimum Gasteiger partial charge on any atom is -0.480 e. The predicted octanol–water partition coefficient (Wildman–Crippen LogP) is 2.22. The number of likely N-dealkylation sites (tertiary alicyclic amines) is 2. The molecule has 2 N–H and O–H groups in total. The fourth-order valence-corrected chi connectivity index (χ4v) is 5.85. The monoisotopic (exact) mass is 521 g/mol. The third-order valence-corrected chi connectivity index (χ3v) is 7.70. The first-order chi connectivity index (χ1) is 18.4. The SMILES string of the molecule is CO[C@@H]1CC(C(=O)NCC(=O)O)N(C(=O)C2CCCN2C(=O)OCC2c3ccccc3-c3ccccc32)C1. The second-order valence-corrected chi connectivity index (χ2v) is 9.87. The Hall–Kier alpha value is -3.92. The Kier molecular flexibility index (Phi) is 7.33. The lowest BCUT2D eigenvalue weighted by Crippen LogP contribution is -2.53. The van der Waals surface area contributed by atoms with Crippen molar-refractivity contribution in [1.82, 2.24) is 15.1 Å². The summed E-state index contributed by atoms with van der Waals surface area (Å²) in [6, 6.07) is 14.5. The Morgan fingerprint density at radius 2 is 1.63 bits per heavy atom. The summed E-state index contributed by atoms with van der Waals surface area (Å²) in [6.45, 7) is 0.185. The number of hydrogen-bond acceptors (Lipinski definition) is 6. The zero-order valence-corrected chi connectivity index (χ0v) is 21.2. The molecule has 3 aliphatic rings. The molecule has 2 heterocycles. The van der Waals surface area contributed by atoms with Crippen LogP contribution in [-0.4, -0.2) is 90.3 Å². The van der Waals surface area contributed by atoms with Crippen LogP contribution in [0.5, 0.6) is 0 Å². The number of ether oxygens (including phenoxy) is 2. The van der Waals surface area contributed by atoms with E-state index in [9.17, 15) is 19.2 Å². The molecule has 0 saturated carbocycles. The van der Waals surface area contributed by atoms with Gasteiger partial charge in [-0.1, -0.05) is 48.5 Å². The van der Waals surface area contributed by atoms with Crippen molar-refractivity contribution >= 4 is 23.9 Å². The lowest BCUT2D eigenvalue weighted by molar-refractivity contribution is -0.142. The average molecular weight is 522 g/mol. The van der Waals surface area contributed by atoms with Crippen molar-refractivity contribution in [3.8, 4) is 11.1 Å². The molecule has 3 atom stereocenters. The molecule has 10 nitrogen and oxygen atoms in total. The van der Waals surface area contributed by atoms with Crippen molar-refractivity contribution in [3.63, 3.8) is 0 Å². The van der Waals surface area contributed by atoms with Gasteiger partial charge in [-0.25, -0.2) is 4.79 Å². The number of carboxylic acid groups (broad SMARTS) is 1. The first-order valence-electron chi connectivity index (χ1n) is 12.8. The number of carbonyl (C=O) groups excluding carboxylic acids is 3. The van der Waals surface area contributed by atoms with Gasteiger partial charge in [-0.3, -0.25) is 19.3 Å². The van der Waals surface area contributed by atoms with Crippen molar-refractivity contribution in [3.05, 3.63) is 59.7 Å². The van der Waals surface area contributed by atoms with E-state index >= 15 is 0 Å². The van der Waals surface area contributed by atoms with Crippen LogP contribution in [0.25, 0.3) is 11.1 Å². The Morgan fingerprint density at radius 1 is 0.974 bits per heavy atom. The van der Waals surface area contributed by atoms with E-state index in [4.69, 9.17) is 14.6 Å². The van der Waals surface area contributed by atoms with Crippen molar-refractivity contribution in [1.29, 1.82) is 0 Å². The molecule has 2 unspecified atom stereocenters. The van der Waals surface area contributed by atoms with Crippen LogP contribution in [0.3, 0.4) is 0 Å². The van der Waals surface area contributed by atoms with Crippen LogP contribution in [-0.2, 0) is 23.9 Å². The quantitative estimate of drug-likeness (QED) is 0.572. The van der Waals surface area contributed by atoms with E-state index in [1.165, 1.54) is 16.9 Å². The van der Waals surface area contributed by atoms with Crippen LogP contribution in [0.15, 0.2) is 48.5 Å². The van der Waals surface area contributed by atoms with E-state index in [0.717, 1.165) is 22.3 Å². The molecule has 10 heteroatoms. The van der Waals surface area contributed by atoms with Gasteiger partial charge in [0.15, 0.2) is 0 Å². The Bertz CT molecular complexity index is 1200. The number of amides is 3. The Morgan fingerprint density at radius 3 is 2.26 bits per heavy atom. The molecule has 2 aromatic carbocycles. The lowest BCUT2D eigenvalue weighted by atomic mass is 9.98. The summed E-state index contributed by atoms with van der Waals surface area (Å²) >= 11 is 0. The van der Waals surface area contributed by atoms with Crippen molar-refractivity contribution in [2.24, 2.45) is 0 Å². The summed E-state index contributed by atoms with van der Waals surface area (Å²) < 4.78 is 11.2. The second-order valence-electron chi connectivity index (χ2n) is 9.87. The number of fused-ring (bicyclic) bond motifs is 3. The smallest absolute Gasteiger partial charge is 0.410 e. The van der Waals surface area contributed by atoms with Crippen molar-refractivity contribution < 1.29 is 33.8 Å². The van der Waals surface area contributed by atoms with Crippen LogP contribution in [0.2, 0.25) is 0 Å². The van der Waals surface area contributed by atoms with Gasteiger partial charge in [0.2, 0.25) is 11.8 Å². The van der Waals surface area contributed by atoms with E-state index < -0.39 is 36.6 Å². The molecule has 2 saturated heterocycles. The van der Waals surface area contributed by atoms with E-state index in [0.29, 0.717) is 19.4 Å². The summed E-state index contributed by atoms with van der Waals surface area (Å²) in [5, 5.41) is 11.3. The first kappa shape index (κ1) is 25.7. The van der Waals surface area contributed by atoms with Crippen molar-refractivity contribution in [2.45, 2.75) is 43.4 Å². The maximum Gasteiger partial charge on any atom is 0.410 e. The minimum absolute atomic E-state index is 0.0912. The highest BCUT2D eigenvalue weighted by Gasteiger charge is 2.45. The molecule has 3 amide bonds. The molecule has 2 aromatic rings. The van der Waals surface area contributed by atoms with Gasteiger partial charge in [0.25, 0.3) is 0 Å². The largest absolute Gasteiger partial charge is 0.480 e. The van der Waals surface area contributed by atoms with E-state index in [1.54, 1.807) is 0 Å². The number of nitrogens with one attached hydrogen (secondary N) is 1. The fourth-order valence-electron chi connectivity index (χ4n) is 5.85. The zero-order valence-electron chi connectivity index (χ0n) is 21.2. The van der Waals surface area contributed by atoms with Crippen LogP contribution < -0.4 is 5.32 Å². The van der Waals surface area contributed by atoms with E-state index in [2.05, 4.69) is 17.4 Å². The van der Waals surface area contributed by atoms with Gasteiger partial charge in [0.05, 0.1) is 6.10 Å². The van der Waals surface area contributed by atoms with Crippen molar-refractivity contribution in [2.75, 3.05) is 33.4 Å². The Labute approximate surface area is 220 Å². The number of hydrogen-bond donors (Lipinski definition) is 2. The molecule has 2 fully saturated rings. The highest BCUT2D eigenvalue weighted by atomic mass is 16.6. The number of rotatable bonds is 7. The van der Waals surface area contributed by atoms with Crippen LogP contribution in [0.1, 0.15) is 36.3 Å². The third-order valence-electron chi connectivity index (χ3n) is 7.70. The highest BCUT2D eigenvalue weighted by Crippen LogP contribution is 2.44. The number of carboxylic acids is 1. The number of aliphatic carboxylic acids is 1. The summed E-state index contributed by atoms with van der Waals surface area (Å²) in [5.41, 5.74) is 4.47. The van der Waals surface area contributed by atoms with Crippen LogP contribution >= 0.6 is 0 Å². The minimum atomic E-state index is -1.17. The first-order valence-corrected chi connectivity index (χ1v) is 12.8. The van der Waals surface area contributed by atoms with Gasteiger partial charge in [-0.15, -0.1) is 0 Å². The summed E-state index contributed by atoms with van der Waals surface area (Å²) in [7, 11) is 1.50. The molecule has 1 aliphatic carbocycles. The molecule has 200 valence electrons. The van der Waals surface area contributed by atoms with Gasteiger partial charge in [0, 0.05) is 32.5 Å². The molecule has 0 bridgehead atoms. The van der Waals surface area contributed by atoms with Crippen LogP contribution in [0, 0.1) is 0 Å².